The van der Waals surface area contributed by atoms with Gasteiger partial charge in [0.25, 0.3) is 0 Å². The van der Waals surface area contributed by atoms with Gasteiger partial charge in [-0.2, -0.15) is 0 Å². The predicted molar refractivity (Wildman–Crippen MR) is 70.1 cm³/mol. The first-order chi connectivity index (χ1) is 8.16. The molecule has 0 aromatic carbocycles. The van der Waals surface area contributed by atoms with Crippen molar-refractivity contribution in [2.75, 3.05) is 13.7 Å². The van der Waals surface area contributed by atoms with Crippen LogP contribution in [0.15, 0.2) is 0 Å². The minimum atomic E-state index is 0.323. The Kier molecular flexibility index (Phi) is 2.99. The maximum absolute atomic E-state index is 6.07. The fourth-order valence-electron chi connectivity index (χ4n) is 4.43. The van der Waals surface area contributed by atoms with E-state index in [-0.39, 0.29) is 0 Å². The maximum Gasteiger partial charge on any atom is 0.0685 e. The van der Waals surface area contributed by atoms with Gasteiger partial charge in [0.05, 0.1) is 5.60 Å². The molecule has 1 aliphatic heterocycles. The number of hydrogen-bond acceptors (Lipinski definition) is 2. The number of nitrogens with one attached hydrogen (secondary N) is 1. The van der Waals surface area contributed by atoms with Crippen LogP contribution in [0, 0.1) is 11.3 Å². The molecule has 17 heavy (non-hydrogen) atoms. The van der Waals surface area contributed by atoms with E-state index in [2.05, 4.69) is 19.3 Å². The minimum Gasteiger partial charge on any atom is -0.375 e. The van der Waals surface area contributed by atoms with Crippen LogP contribution in [0.25, 0.3) is 0 Å². The van der Waals surface area contributed by atoms with Gasteiger partial charge in [0.1, 0.15) is 0 Å². The lowest BCUT2D eigenvalue weighted by molar-refractivity contribution is -0.158. The van der Waals surface area contributed by atoms with E-state index in [0.29, 0.717) is 11.0 Å². The van der Waals surface area contributed by atoms with Gasteiger partial charge in [-0.15, -0.1) is 0 Å². The largest absolute Gasteiger partial charge is 0.375 e. The highest BCUT2D eigenvalue weighted by atomic mass is 16.5. The molecule has 2 saturated carbocycles. The van der Waals surface area contributed by atoms with Crippen molar-refractivity contribution in [3.63, 3.8) is 0 Å². The van der Waals surface area contributed by atoms with Crippen LogP contribution in [0.4, 0.5) is 0 Å². The lowest BCUT2D eigenvalue weighted by atomic mass is 9.63. The van der Waals surface area contributed by atoms with Crippen LogP contribution in [0.2, 0.25) is 0 Å². The zero-order chi connectivity index (χ0) is 11.9. The highest BCUT2D eigenvalue weighted by Gasteiger charge is 2.49. The molecule has 0 aromatic rings. The number of rotatable bonds is 2. The van der Waals surface area contributed by atoms with Crippen LogP contribution >= 0.6 is 0 Å². The molecule has 3 fully saturated rings. The molecule has 3 unspecified atom stereocenters. The molecular weight excluding hydrogens is 210 g/mol. The van der Waals surface area contributed by atoms with Crippen molar-refractivity contribution in [2.45, 2.75) is 69.9 Å². The summed E-state index contributed by atoms with van der Waals surface area (Å²) in [5.41, 5.74) is 0.906. The lowest BCUT2D eigenvalue weighted by Crippen LogP contribution is -2.48. The molecule has 3 atom stereocenters. The molecule has 1 saturated heterocycles. The van der Waals surface area contributed by atoms with E-state index in [4.69, 9.17) is 4.74 Å². The van der Waals surface area contributed by atoms with Gasteiger partial charge < -0.3 is 10.1 Å². The van der Waals surface area contributed by atoms with Crippen molar-refractivity contribution in [2.24, 2.45) is 11.3 Å². The fourth-order valence-corrected chi connectivity index (χ4v) is 4.43. The summed E-state index contributed by atoms with van der Waals surface area (Å²) in [7, 11) is 2.12. The van der Waals surface area contributed by atoms with Crippen molar-refractivity contribution in [1.29, 1.82) is 0 Å². The topological polar surface area (TPSA) is 21.3 Å². The normalized spacial score (nSPS) is 44.8. The Hall–Kier alpha value is -0.0800. The third-order valence-corrected chi connectivity index (χ3v) is 5.93. The van der Waals surface area contributed by atoms with E-state index in [1.165, 1.54) is 51.4 Å². The zero-order valence-electron chi connectivity index (χ0n) is 11.4. The first-order valence-electron chi connectivity index (χ1n) is 7.47. The predicted octanol–water partition coefficient (Wildman–Crippen LogP) is 3.11. The molecule has 0 bridgehead atoms. The van der Waals surface area contributed by atoms with Gasteiger partial charge in [0.2, 0.25) is 0 Å². The summed E-state index contributed by atoms with van der Waals surface area (Å²) >= 11 is 0. The lowest BCUT2D eigenvalue weighted by Gasteiger charge is -2.51. The highest BCUT2D eigenvalue weighted by molar-refractivity contribution is 5.01. The van der Waals surface area contributed by atoms with Crippen molar-refractivity contribution in [1.82, 2.24) is 5.32 Å². The van der Waals surface area contributed by atoms with Gasteiger partial charge in [-0.3, -0.25) is 0 Å². The molecule has 3 aliphatic rings. The molecule has 0 aromatic heterocycles. The summed E-state index contributed by atoms with van der Waals surface area (Å²) in [6.45, 7) is 3.55. The molecule has 1 heterocycles. The van der Waals surface area contributed by atoms with Gasteiger partial charge in [-0.1, -0.05) is 6.92 Å². The van der Waals surface area contributed by atoms with Gasteiger partial charge in [-0.25, -0.2) is 0 Å². The first kappa shape index (κ1) is 12.0. The maximum atomic E-state index is 6.07. The van der Waals surface area contributed by atoms with Gasteiger partial charge >= 0.3 is 0 Å². The second-order valence-electron chi connectivity index (χ2n) is 6.96. The van der Waals surface area contributed by atoms with Crippen molar-refractivity contribution < 1.29 is 4.74 Å². The highest BCUT2D eigenvalue weighted by Crippen LogP contribution is 2.53. The Bertz CT molecular complexity index is 287. The minimum absolute atomic E-state index is 0.323. The van der Waals surface area contributed by atoms with Crippen LogP contribution in [-0.2, 0) is 4.74 Å². The van der Waals surface area contributed by atoms with Gasteiger partial charge in [0, 0.05) is 12.6 Å². The molecule has 0 radical (unpaired) electrons. The van der Waals surface area contributed by atoms with Crippen LogP contribution in [-0.4, -0.2) is 25.3 Å². The van der Waals surface area contributed by atoms with E-state index in [1.807, 2.05) is 0 Å². The van der Waals surface area contributed by atoms with Crippen molar-refractivity contribution in [3.05, 3.63) is 0 Å². The summed E-state index contributed by atoms with van der Waals surface area (Å²) in [6.07, 6.45) is 10.9. The van der Waals surface area contributed by atoms with Gasteiger partial charge in [-0.05, 0) is 69.7 Å². The van der Waals surface area contributed by atoms with Gasteiger partial charge in [0.15, 0.2) is 0 Å². The van der Waals surface area contributed by atoms with E-state index in [9.17, 15) is 0 Å². The molecule has 0 amide bonds. The fraction of sp³-hybridized carbons (Fsp3) is 1.00. The second kappa shape index (κ2) is 4.24. The van der Waals surface area contributed by atoms with Crippen LogP contribution in [0.3, 0.4) is 0 Å². The summed E-state index contributed by atoms with van der Waals surface area (Å²) < 4.78 is 6.07. The van der Waals surface area contributed by atoms with Crippen LogP contribution < -0.4 is 5.32 Å². The Morgan fingerprint density at radius 3 is 2.53 bits per heavy atom. The van der Waals surface area contributed by atoms with E-state index in [1.54, 1.807) is 0 Å². The average molecular weight is 237 g/mol. The van der Waals surface area contributed by atoms with E-state index < -0.39 is 0 Å². The smallest absolute Gasteiger partial charge is 0.0685 e. The van der Waals surface area contributed by atoms with E-state index >= 15 is 0 Å². The summed E-state index contributed by atoms with van der Waals surface area (Å²) in [4.78, 5) is 0. The SMILES string of the molecule is CNC1CCC(C)(C2CCOC3(CCC3)C2)C1. The monoisotopic (exact) mass is 237 g/mol. The second-order valence-corrected chi connectivity index (χ2v) is 6.96. The Morgan fingerprint density at radius 1 is 1.12 bits per heavy atom. The molecular formula is C15H27NO. The first-order valence-corrected chi connectivity index (χ1v) is 7.47. The summed E-state index contributed by atoms with van der Waals surface area (Å²) in [5.74, 6) is 0.912. The Labute approximate surface area is 105 Å². The van der Waals surface area contributed by atoms with Crippen molar-refractivity contribution in [3.8, 4) is 0 Å². The van der Waals surface area contributed by atoms with Crippen molar-refractivity contribution >= 4 is 0 Å². The molecule has 98 valence electrons. The molecule has 2 aliphatic carbocycles. The summed E-state index contributed by atoms with van der Waals surface area (Å²) in [5, 5.41) is 3.48. The molecule has 3 rings (SSSR count). The average Bonchev–Trinajstić information content (AvgIpc) is 2.71. The third kappa shape index (κ3) is 2.04. The molecule has 2 nitrogen and oxygen atoms in total. The number of ether oxygens (including phenoxy) is 1. The molecule has 1 N–H and O–H groups in total. The quantitative estimate of drug-likeness (QED) is 0.797. The number of hydrogen-bond donors (Lipinski definition) is 1. The Balaban J connectivity index is 1.67. The Morgan fingerprint density at radius 2 is 1.94 bits per heavy atom. The van der Waals surface area contributed by atoms with Crippen LogP contribution in [0.5, 0.6) is 0 Å². The summed E-state index contributed by atoms with van der Waals surface area (Å²) in [6, 6.07) is 0.764. The van der Waals surface area contributed by atoms with Crippen LogP contribution in [0.1, 0.15) is 58.3 Å². The standard InChI is InChI=1S/C15H27NO/c1-14(8-4-13(11-14)16-2)12-5-9-17-15(10-12)6-3-7-15/h12-13,16H,3-11H2,1-2H3. The third-order valence-electron chi connectivity index (χ3n) is 5.93. The van der Waals surface area contributed by atoms with E-state index in [0.717, 1.165) is 18.6 Å². The molecule has 2 heteroatoms. The zero-order valence-corrected chi connectivity index (χ0v) is 11.4. The molecule has 1 spiro atoms.